The second kappa shape index (κ2) is 6.28. The van der Waals surface area contributed by atoms with Gasteiger partial charge in [0.15, 0.2) is 0 Å². The van der Waals surface area contributed by atoms with Crippen LogP contribution < -0.4 is 5.32 Å². The fourth-order valence-electron chi connectivity index (χ4n) is 2.53. The lowest BCUT2D eigenvalue weighted by Crippen LogP contribution is -2.26. The Morgan fingerprint density at radius 3 is 2.89 bits per heavy atom. The maximum absolute atomic E-state index is 11.5. The number of aryl methyl sites for hydroxylation is 1. The number of aromatic nitrogens is 1. The summed E-state index contributed by atoms with van der Waals surface area (Å²) in [6, 6.07) is 4.11. The van der Waals surface area contributed by atoms with Crippen LogP contribution in [0.4, 0.5) is 5.82 Å². The molecule has 0 saturated heterocycles. The molecule has 1 aromatic heterocycles. The van der Waals surface area contributed by atoms with Crippen molar-refractivity contribution in [3.63, 3.8) is 0 Å². The van der Waals surface area contributed by atoms with E-state index in [1.54, 1.807) is 6.07 Å². The van der Waals surface area contributed by atoms with Crippen molar-refractivity contribution in [1.29, 1.82) is 0 Å². The number of carbonyl (C=O) groups is 1. The number of hydrogen-bond donors (Lipinski definition) is 1. The quantitative estimate of drug-likeness (QED) is 0.859. The lowest BCUT2D eigenvalue weighted by molar-refractivity contribution is 0.0599. The number of thioether (sulfide) groups is 1. The third-order valence-electron chi connectivity index (χ3n) is 3.58. The molecule has 0 aliphatic heterocycles. The van der Waals surface area contributed by atoms with E-state index in [4.69, 9.17) is 4.74 Å². The maximum Gasteiger partial charge on any atom is 0.339 e. The molecule has 0 aromatic carbocycles. The van der Waals surface area contributed by atoms with Crippen LogP contribution >= 0.6 is 11.8 Å². The van der Waals surface area contributed by atoms with Gasteiger partial charge in [-0.2, -0.15) is 11.8 Å². The Balaban J connectivity index is 2.10. The van der Waals surface area contributed by atoms with E-state index >= 15 is 0 Å². The average molecular weight is 280 g/mol. The van der Waals surface area contributed by atoms with E-state index in [0.29, 0.717) is 22.5 Å². The zero-order valence-corrected chi connectivity index (χ0v) is 12.4. The largest absolute Gasteiger partial charge is 0.465 e. The number of ether oxygens (including phenoxy) is 1. The molecule has 1 aliphatic carbocycles. The molecule has 5 heteroatoms. The minimum atomic E-state index is -0.334. The van der Waals surface area contributed by atoms with Crippen molar-refractivity contribution in [2.75, 3.05) is 18.7 Å². The van der Waals surface area contributed by atoms with Crippen molar-refractivity contribution in [1.82, 2.24) is 4.98 Å². The highest BCUT2D eigenvalue weighted by atomic mass is 32.2. The van der Waals surface area contributed by atoms with E-state index in [2.05, 4.69) is 16.6 Å². The highest BCUT2D eigenvalue weighted by Gasteiger charge is 2.26. The lowest BCUT2D eigenvalue weighted by Gasteiger charge is -2.20. The smallest absolute Gasteiger partial charge is 0.339 e. The molecule has 1 fully saturated rings. The Labute approximate surface area is 118 Å². The summed E-state index contributed by atoms with van der Waals surface area (Å²) < 4.78 is 4.72. The average Bonchev–Trinajstić information content (AvgIpc) is 2.85. The molecule has 2 unspecified atom stereocenters. The Morgan fingerprint density at radius 2 is 2.26 bits per heavy atom. The van der Waals surface area contributed by atoms with Crippen molar-refractivity contribution in [2.45, 2.75) is 37.5 Å². The van der Waals surface area contributed by atoms with Gasteiger partial charge in [-0.3, -0.25) is 0 Å². The van der Waals surface area contributed by atoms with Gasteiger partial charge in [-0.25, -0.2) is 9.78 Å². The molecule has 4 nitrogen and oxygen atoms in total. The monoisotopic (exact) mass is 280 g/mol. The van der Waals surface area contributed by atoms with Crippen molar-refractivity contribution < 1.29 is 9.53 Å². The molecule has 0 amide bonds. The highest BCUT2D eigenvalue weighted by Crippen LogP contribution is 2.30. The van der Waals surface area contributed by atoms with Crippen molar-refractivity contribution >= 4 is 23.5 Å². The molecular weight excluding hydrogens is 260 g/mol. The van der Waals surface area contributed by atoms with Crippen LogP contribution in [0, 0.1) is 6.92 Å². The summed E-state index contributed by atoms with van der Waals surface area (Å²) in [5, 5.41) is 4.14. The van der Waals surface area contributed by atoms with Crippen LogP contribution in [0.3, 0.4) is 0 Å². The standard InChI is InChI=1S/C14H20N2O2S/c1-9-10(14(17)18-2)7-8-13(15-9)16-11-5-4-6-12(11)19-3/h7-8,11-12H,4-6H2,1-3H3,(H,15,16). The first-order valence-corrected chi connectivity index (χ1v) is 7.79. The SMILES string of the molecule is COC(=O)c1ccc(NC2CCCC2SC)nc1C. The molecule has 1 saturated carbocycles. The third-order valence-corrected chi connectivity index (χ3v) is 4.75. The van der Waals surface area contributed by atoms with Crippen LogP contribution in [0.2, 0.25) is 0 Å². The second-order valence-corrected chi connectivity index (χ2v) is 5.85. The van der Waals surface area contributed by atoms with Crippen LogP contribution in [0.1, 0.15) is 35.3 Å². The van der Waals surface area contributed by atoms with Gasteiger partial charge >= 0.3 is 5.97 Å². The van der Waals surface area contributed by atoms with Gasteiger partial charge in [-0.05, 0) is 38.2 Å². The van der Waals surface area contributed by atoms with E-state index < -0.39 is 0 Å². The molecule has 1 N–H and O–H groups in total. The molecule has 0 bridgehead atoms. The second-order valence-electron chi connectivity index (χ2n) is 4.78. The maximum atomic E-state index is 11.5. The number of pyridine rings is 1. The van der Waals surface area contributed by atoms with Gasteiger partial charge in [0.05, 0.1) is 18.4 Å². The molecule has 1 heterocycles. The number of esters is 1. The minimum Gasteiger partial charge on any atom is -0.465 e. The Kier molecular flexibility index (Phi) is 4.69. The number of nitrogens with zero attached hydrogens (tertiary/aromatic N) is 1. The van der Waals surface area contributed by atoms with Gasteiger partial charge in [0.25, 0.3) is 0 Å². The van der Waals surface area contributed by atoms with E-state index in [-0.39, 0.29) is 5.97 Å². The molecule has 0 spiro atoms. The number of nitrogens with one attached hydrogen (secondary N) is 1. The summed E-state index contributed by atoms with van der Waals surface area (Å²) in [5.41, 5.74) is 1.23. The molecule has 19 heavy (non-hydrogen) atoms. The van der Waals surface area contributed by atoms with Crippen molar-refractivity contribution in [3.05, 3.63) is 23.4 Å². The number of rotatable bonds is 4. The summed E-state index contributed by atoms with van der Waals surface area (Å²) in [5.74, 6) is 0.510. The van der Waals surface area contributed by atoms with Gasteiger partial charge in [0.1, 0.15) is 5.82 Å². The van der Waals surface area contributed by atoms with Crippen molar-refractivity contribution in [2.24, 2.45) is 0 Å². The molecule has 1 aromatic rings. The van der Waals surface area contributed by atoms with Crippen LogP contribution in [-0.4, -0.2) is 35.6 Å². The van der Waals surface area contributed by atoms with E-state index in [1.807, 2.05) is 24.8 Å². The molecule has 0 radical (unpaired) electrons. The van der Waals surface area contributed by atoms with Gasteiger partial charge in [-0.15, -0.1) is 0 Å². The molecule has 2 atom stereocenters. The Bertz CT molecular complexity index is 465. The zero-order valence-electron chi connectivity index (χ0n) is 11.6. The van der Waals surface area contributed by atoms with Gasteiger partial charge in [-0.1, -0.05) is 6.42 Å². The summed E-state index contributed by atoms with van der Waals surface area (Å²) in [6.07, 6.45) is 5.87. The summed E-state index contributed by atoms with van der Waals surface area (Å²) in [6.45, 7) is 1.83. The fourth-order valence-corrected chi connectivity index (χ4v) is 3.47. The number of hydrogen-bond acceptors (Lipinski definition) is 5. The van der Waals surface area contributed by atoms with Crippen molar-refractivity contribution in [3.8, 4) is 0 Å². The Morgan fingerprint density at radius 1 is 1.47 bits per heavy atom. The van der Waals surface area contributed by atoms with Crippen LogP contribution in [-0.2, 0) is 4.74 Å². The van der Waals surface area contributed by atoms with Gasteiger partial charge in [0, 0.05) is 11.3 Å². The first-order valence-electron chi connectivity index (χ1n) is 6.51. The third kappa shape index (κ3) is 3.21. The fraction of sp³-hybridized carbons (Fsp3) is 0.571. The molecular formula is C14H20N2O2S. The van der Waals surface area contributed by atoms with Crippen LogP contribution in [0.15, 0.2) is 12.1 Å². The lowest BCUT2D eigenvalue weighted by atomic mass is 10.2. The van der Waals surface area contributed by atoms with Gasteiger partial charge in [0.2, 0.25) is 0 Å². The normalized spacial score (nSPS) is 22.3. The number of anilines is 1. The predicted octanol–water partition coefficient (Wildman–Crippen LogP) is 2.87. The Hall–Kier alpha value is -1.23. The zero-order chi connectivity index (χ0) is 13.8. The first-order chi connectivity index (χ1) is 9.15. The molecule has 104 valence electrons. The predicted molar refractivity (Wildman–Crippen MR) is 78.9 cm³/mol. The number of carbonyl (C=O) groups excluding carboxylic acids is 1. The highest BCUT2D eigenvalue weighted by molar-refractivity contribution is 7.99. The first kappa shape index (κ1) is 14.2. The topological polar surface area (TPSA) is 51.2 Å². The minimum absolute atomic E-state index is 0.334. The molecule has 2 rings (SSSR count). The van der Waals surface area contributed by atoms with E-state index in [0.717, 1.165) is 5.82 Å². The van der Waals surface area contributed by atoms with Gasteiger partial charge < -0.3 is 10.1 Å². The van der Waals surface area contributed by atoms with E-state index in [9.17, 15) is 4.79 Å². The van der Waals surface area contributed by atoms with Crippen LogP contribution in [0.5, 0.6) is 0 Å². The summed E-state index contributed by atoms with van der Waals surface area (Å²) in [4.78, 5) is 16.0. The number of methoxy groups -OCH3 is 1. The summed E-state index contributed by atoms with van der Waals surface area (Å²) >= 11 is 1.91. The molecule has 1 aliphatic rings. The van der Waals surface area contributed by atoms with E-state index in [1.165, 1.54) is 26.4 Å². The van der Waals surface area contributed by atoms with Crippen LogP contribution in [0.25, 0.3) is 0 Å². The summed E-state index contributed by atoms with van der Waals surface area (Å²) in [7, 11) is 1.38.